The molecule has 0 spiro atoms. The number of halogens is 2. The van der Waals surface area contributed by atoms with E-state index in [1.165, 1.54) is 11.9 Å². The molecule has 0 fully saturated rings. The van der Waals surface area contributed by atoms with E-state index in [4.69, 9.17) is 32.7 Å². The number of aliphatic hydroxyl groups excluding tert-OH is 1. The summed E-state index contributed by atoms with van der Waals surface area (Å²) in [7, 11) is 1.51. The molecule has 2 aromatic carbocycles. The molecule has 1 unspecified atom stereocenters. The van der Waals surface area contributed by atoms with Crippen molar-refractivity contribution in [1.29, 1.82) is 0 Å². The van der Waals surface area contributed by atoms with Crippen molar-refractivity contribution >= 4 is 35.0 Å². The van der Waals surface area contributed by atoms with Crippen LogP contribution in [0.3, 0.4) is 0 Å². The number of nitrogens with one attached hydrogen (secondary N) is 1. The molecule has 9 heteroatoms. The summed E-state index contributed by atoms with van der Waals surface area (Å²) in [6, 6.07) is 9.37. The van der Waals surface area contributed by atoms with Crippen molar-refractivity contribution in [2.75, 3.05) is 13.8 Å². The number of nitrogens with zero attached hydrogens (tertiary/aromatic N) is 1. The van der Waals surface area contributed by atoms with Crippen molar-refractivity contribution in [3.63, 3.8) is 0 Å². The fraction of sp³-hybridized carbons (Fsp3) is 0.200. The Labute approximate surface area is 176 Å². The molecule has 0 radical (unpaired) electrons. The van der Waals surface area contributed by atoms with Crippen LogP contribution in [0.2, 0.25) is 10.0 Å². The van der Waals surface area contributed by atoms with Gasteiger partial charge in [-0.2, -0.15) is 0 Å². The average Bonchev–Trinajstić information content (AvgIpc) is 3.27. The van der Waals surface area contributed by atoms with Gasteiger partial charge in [0.25, 0.3) is 11.8 Å². The van der Waals surface area contributed by atoms with E-state index in [2.05, 4.69) is 5.32 Å². The Kier molecular flexibility index (Phi) is 5.02. The summed E-state index contributed by atoms with van der Waals surface area (Å²) in [6.07, 6.45) is 0. The average molecular weight is 435 g/mol. The van der Waals surface area contributed by atoms with Gasteiger partial charge in [0, 0.05) is 19.2 Å². The van der Waals surface area contributed by atoms with E-state index < -0.39 is 23.6 Å². The van der Waals surface area contributed by atoms with Gasteiger partial charge in [-0.25, -0.2) is 0 Å². The quantitative estimate of drug-likeness (QED) is 0.769. The zero-order chi connectivity index (χ0) is 20.7. The first-order valence-electron chi connectivity index (χ1n) is 8.69. The molecule has 2 aromatic rings. The van der Waals surface area contributed by atoms with Crippen molar-refractivity contribution < 1.29 is 24.2 Å². The number of fused-ring (bicyclic) bond motifs is 1. The van der Waals surface area contributed by atoms with Gasteiger partial charge in [0.2, 0.25) is 6.79 Å². The summed E-state index contributed by atoms with van der Waals surface area (Å²) in [6.45, 7) is 0.189. The third-order valence-corrected chi connectivity index (χ3v) is 5.58. The molecule has 2 aliphatic heterocycles. The number of ether oxygens (including phenoxy) is 2. The lowest BCUT2D eigenvalue weighted by molar-refractivity contribution is -0.128. The lowest BCUT2D eigenvalue weighted by Crippen LogP contribution is -2.31. The summed E-state index contributed by atoms with van der Waals surface area (Å²) < 4.78 is 10.9. The molecule has 7 nitrogen and oxygen atoms in total. The minimum atomic E-state index is -0.812. The maximum absolute atomic E-state index is 12.9. The van der Waals surface area contributed by atoms with Gasteiger partial charge in [-0.3, -0.25) is 9.59 Å². The predicted molar refractivity (Wildman–Crippen MR) is 106 cm³/mol. The van der Waals surface area contributed by atoms with Crippen molar-refractivity contribution in [1.82, 2.24) is 10.2 Å². The van der Waals surface area contributed by atoms with Gasteiger partial charge in [-0.15, -0.1) is 0 Å². The summed E-state index contributed by atoms with van der Waals surface area (Å²) >= 11 is 11.9. The normalized spacial score (nSPS) is 17.8. The molecule has 2 aliphatic rings. The lowest BCUT2D eigenvalue weighted by Gasteiger charge is -2.23. The van der Waals surface area contributed by atoms with Crippen LogP contribution in [0.1, 0.15) is 17.2 Å². The van der Waals surface area contributed by atoms with Crippen LogP contribution in [-0.4, -0.2) is 35.7 Å². The van der Waals surface area contributed by atoms with Crippen LogP contribution in [0.4, 0.5) is 0 Å². The third kappa shape index (κ3) is 3.36. The van der Waals surface area contributed by atoms with Crippen molar-refractivity contribution in [2.45, 2.75) is 12.6 Å². The number of aliphatic hydroxyl groups is 1. The minimum absolute atomic E-state index is 0.0469. The van der Waals surface area contributed by atoms with Gasteiger partial charge in [0.05, 0.1) is 21.7 Å². The number of rotatable bonds is 4. The van der Waals surface area contributed by atoms with E-state index in [1.54, 1.807) is 36.4 Å². The molecule has 2 amide bonds. The van der Waals surface area contributed by atoms with Crippen LogP contribution in [0, 0.1) is 0 Å². The number of carbonyl (C=O) groups excluding carboxylic acids is 2. The fourth-order valence-electron chi connectivity index (χ4n) is 3.41. The number of amides is 2. The van der Waals surface area contributed by atoms with Gasteiger partial charge < -0.3 is 24.8 Å². The zero-order valence-corrected chi connectivity index (χ0v) is 16.8. The van der Waals surface area contributed by atoms with Crippen LogP contribution < -0.4 is 14.8 Å². The predicted octanol–water partition coefficient (Wildman–Crippen LogP) is 3.36. The highest BCUT2D eigenvalue weighted by Gasteiger charge is 2.43. The van der Waals surface area contributed by atoms with E-state index in [9.17, 15) is 14.7 Å². The maximum Gasteiger partial charge on any atom is 0.289 e. The molecule has 29 heavy (non-hydrogen) atoms. The zero-order valence-electron chi connectivity index (χ0n) is 15.2. The Morgan fingerprint density at radius 1 is 1.24 bits per heavy atom. The van der Waals surface area contributed by atoms with E-state index in [1.807, 2.05) is 0 Å². The molecule has 0 saturated carbocycles. The summed E-state index contributed by atoms with van der Waals surface area (Å²) in [4.78, 5) is 26.6. The lowest BCUT2D eigenvalue weighted by atomic mass is 9.97. The topological polar surface area (TPSA) is 88.1 Å². The molecule has 0 aromatic heterocycles. The number of carbonyl (C=O) groups is 2. The van der Waals surface area contributed by atoms with Gasteiger partial charge in [-0.05, 0) is 23.8 Å². The molecule has 0 saturated heterocycles. The van der Waals surface area contributed by atoms with E-state index in [0.29, 0.717) is 27.1 Å². The number of hydrogen-bond acceptors (Lipinski definition) is 5. The Balaban J connectivity index is 1.63. The first-order valence-corrected chi connectivity index (χ1v) is 9.45. The molecule has 4 rings (SSSR count). The van der Waals surface area contributed by atoms with E-state index >= 15 is 0 Å². The molecule has 150 valence electrons. The van der Waals surface area contributed by atoms with Gasteiger partial charge in [-0.1, -0.05) is 41.4 Å². The van der Waals surface area contributed by atoms with Gasteiger partial charge >= 0.3 is 0 Å². The Bertz CT molecular complexity index is 1050. The molecule has 1 atom stereocenters. The number of hydrogen-bond donors (Lipinski definition) is 2. The van der Waals surface area contributed by atoms with Crippen LogP contribution in [-0.2, 0) is 16.1 Å². The standard InChI is InChI=1S/C20H16Cl2N2O5/c1-24-16(11-3-2-4-14-18(11)29-9-28-14)15(17(25)20(24)27)19(26)23-8-10-5-6-12(21)13(22)7-10/h2-7,16,25H,8-9H2,1H3,(H,23,26). The van der Waals surface area contributed by atoms with Crippen LogP contribution >= 0.6 is 23.2 Å². The van der Waals surface area contributed by atoms with Crippen LogP contribution in [0.5, 0.6) is 11.5 Å². The second kappa shape index (κ2) is 7.50. The SMILES string of the molecule is CN1C(=O)C(O)=C(C(=O)NCc2ccc(Cl)c(Cl)c2)C1c1cccc2c1OCO2. The summed E-state index contributed by atoms with van der Waals surface area (Å²) in [5.74, 6) is -0.855. The van der Waals surface area contributed by atoms with E-state index in [-0.39, 0.29) is 18.9 Å². The third-order valence-electron chi connectivity index (χ3n) is 4.84. The number of para-hydroxylation sites is 1. The highest BCUT2D eigenvalue weighted by atomic mass is 35.5. The highest BCUT2D eigenvalue weighted by molar-refractivity contribution is 6.42. The molecule has 0 bridgehead atoms. The first-order chi connectivity index (χ1) is 13.9. The Morgan fingerprint density at radius 3 is 2.79 bits per heavy atom. The smallest absolute Gasteiger partial charge is 0.289 e. The van der Waals surface area contributed by atoms with Crippen molar-refractivity contribution in [3.8, 4) is 11.5 Å². The second-order valence-corrected chi connectivity index (χ2v) is 7.41. The monoisotopic (exact) mass is 434 g/mol. The highest BCUT2D eigenvalue weighted by Crippen LogP contribution is 2.45. The summed E-state index contributed by atoms with van der Waals surface area (Å²) in [5, 5.41) is 13.9. The molecule has 2 heterocycles. The van der Waals surface area contributed by atoms with E-state index in [0.717, 1.165) is 5.56 Å². The summed E-state index contributed by atoms with van der Waals surface area (Å²) in [5.41, 5.74) is 1.22. The number of benzene rings is 2. The maximum atomic E-state index is 12.9. The molecule has 2 N–H and O–H groups in total. The largest absolute Gasteiger partial charge is 0.503 e. The second-order valence-electron chi connectivity index (χ2n) is 6.59. The van der Waals surface area contributed by atoms with Crippen molar-refractivity contribution in [3.05, 3.63) is 68.9 Å². The first kappa shape index (κ1) is 19.4. The van der Waals surface area contributed by atoms with Crippen LogP contribution in [0.15, 0.2) is 47.7 Å². The minimum Gasteiger partial charge on any atom is -0.503 e. The molecule has 0 aliphatic carbocycles. The van der Waals surface area contributed by atoms with Crippen LogP contribution in [0.25, 0.3) is 0 Å². The molecular weight excluding hydrogens is 419 g/mol. The van der Waals surface area contributed by atoms with Gasteiger partial charge in [0.15, 0.2) is 17.3 Å². The van der Waals surface area contributed by atoms with Gasteiger partial charge in [0.1, 0.15) is 0 Å². The fourth-order valence-corrected chi connectivity index (χ4v) is 3.73. The van der Waals surface area contributed by atoms with Crippen molar-refractivity contribution in [2.24, 2.45) is 0 Å². The number of likely N-dealkylation sites (N-methyl/N-ethyl adjacent to an activating group) is 1. The molecular formula is C20H16Cl2N2O5. The Morgan fingerprint density at radius 2 is 2.03 bits per heavy atom. The Hall–Kier alpha value is -2.90.